The lowest BCUT2D eigenvalue weighted by molar-refractivity contribution is 0.415. The van der Waals surface area contributed by atoms with Crippen LogP contribution in [0.3, 0.4) is 0 Å². The van der Waals surface area contributed by atoms with E-state index in [-0.39, 0.29) is 0 Å². The molecule has 1 heterocycles. The molecular formula is C11H13N3O2. The van der Waals surface area contributed by atoms with E-state index in [2.05, 4.69) is 10.3 Å². The van der Waals surface area contributed by atoms with E-state index in [4.69, 9.17) is 14.9 Å². The maximum atomic E-state index is 5.43. The van der Waals surface area contributed by atoms with E-state index in [1.807, 2.05) is 24.3 Å². The molecule has 0 aliphatic carbocycles. The van der Waals surface area contributed by atoms with Crippen LogP contribution in [0, 0.1) is 0 Å². The minimum Gasteiger partial charge on any atom is -0.497 e. The molecule has 0 aliphatic rings. The summed E-state index contributed by atoms with van der Waals surface area (Å²) in [4.78, 5) is 4.13. The molecule has 1 aromatic heterocycles. The van der Waals surface area contributed by atoms with Gasteiger partial charge in [0.25, 0.3) is 6.01 Å². The topological polar surface area (TPSA) is 73.3 Å². The van der Waals surface area contributed by atoms with Crippen LogP contribution in [0.25, 0.3) is 0 Å². The van der Waals surface area contributed by atoms with Gasteiger partial charge in [-0.15, -0.1) is 0 Å². The Morgan fingerprint density at radius 2 is 2.12 bits per heavy atom. The van der Waals surface area contributed by atoms with Gasteiger partial charge in [0.1, 0.15) is 12.0 Å². The number of nitrogens with two attached hydrogens (primary N) is 1. The molecule has 0 aliphatic heterocycles. The number of hydrogen-bond acceptors (Lipinski definition) is 5. The SMILES string of the molecule is COc1ccc(Nc2nc(CN)co2)cc1. The highest BCUT2D eigenvalue weighted by atomic mass is 16.5. The van der Waals surface area contributed by atoms with Gasteiger partial charge < -0.3 is 20.2 Å². The number of rotatable bonds is 4. The van der Waals surface area contributed by atoms with Crippen molar-refractivity contribution < 1.29 is 9.15 Å². The third-order valence-electron chi connectivity index (χ3n) is 2.10. The zero-order valence-electron chi connectivity index (χ0n) is 8.93. The smallest absolute Gasteiger partial charge is 0.299 e. The Balaban J connectivity index is 2.08. The molecule has 0 saturated carbocycles. The minimum absolute atomic E-state index is 0.369. The lowest BCUT2D eigenvalue weighted by atomic mass is 10.3. The number of oxazole rings is 1. The van der Waals surface area contributed by atoms with Crippen LogP contribution in [0.15, 0.2) is 34.9 Å². The van der Waals surface area contributed by atoms with E-state index in [0.29, 0.717) is 12.6 Å². The zero-order chi connectivity index (χ0) is 11.4. The summed E-state index contributed by atoms with van der Waals surface area (Å²) in [6.45, 7) is 0.369. The highest BCUT2D eigenvalue weighted by Gasteiger charge is 2.02. The summed E-state index contributed by atoms with van der Waals surface area (Å²) in [7, 11) is 1.63. The van der Waals surface area contributed by atoms with Crippen molar-refractivity contribution in [3.8, 4) is 5.75 Å². The maximum absolute atomic E-state index is 5.43. The van der Waals surface area contributed by atoms with Crippen molar-refractivity contribution in [2.45, 2.75) is 6.54 Å². The summed E-state index contributed by atoms with van der Waals surface area (Å²) >= 11 is 0. The molecule has 0 bridgehead atoms. The third kappa shape index (κ3) is 2.32. The van der Waals surface area contributed by atoms with Gasteiger partial charge in [-0.05, 0) is 24.3 Å². The summed E-state index contributed by atoms with van der Waals surface area (Å²) in [5.41, 5.74) is 7.03. The molecule has 84 valence electrons. The molecule has 0 radical (unpaired) electrons. The molecule has 1 aromatic carbocycles. The zero-order valence-corrected chi connectivity index (χ0v) is 8.93. The van der Waals surface area contributed by atoms with Crippen molar-refractivity contribution in [3.05, 3.63) is 36.2 Å². The van der Waals surface area contributed by atoms with Gasteiger partial charge in [0, 0.05) is 12.2 Å². The Labute approximate surface area is 93.2 Å². The second-order valence-corrected chi connectivity index (χ2v) is 3.20. The van der Waals surface area contributed by atoms with Crippen molar-refractivity contribution >= 4 is 11.7 Å². The molecule has 16 heavy (non-hydrogen) atoms. The number of ether oxygens (including phenoxy) is 1. The molecule has 5 heteroatoms. The number of aromatic nitrogens is 1. The predicted octanol–water partition coefficient (Wildman–Crippen LogP) is 1.89. The van der Waals surface area contributed by atoms with Crippen LogP contribution in [0.5, 0.6) is 5.75 Å². The molecule has 2 rings (SSSR count). The molecule has 0 fully saturated rings. The highest BCUT2D eigenvalue weighted by Crippen LogP contribution is 2.19. The van der Waals surface area contributed by atoms with Crippen molar-refractivity contribution in [1.29, 1.82) is 0 Å². The van der Waals surface area contributed by atoms with Crippen molar-refractivity contribution in [3.63, 3.8) is 0 Å². The molecule has 5 nitrogen and oxygen atoms in total. The standard InChI is InChI=1S/C11H13N3O2/c1-15-10-4-2-8(3-5-10)13-11-14-9(6-12)7-16-11/h2-5,7H,6,12H2,1H3,(H,13,14). The van der Waals surface area contributed by atoms with Crippen LogP contribution in [-0.2, 0) is 6.54 Å². The van der Waals surface area contributed by atoms with Crippen LogP contribution in [0.4, 0.5) is 11.7 Å². The van der Waals surface area contributed by atoms with Gasteiger partial charge in [0.15, 0.2) is 0 Å². The molecule has 0 spiro atoms. The van der Waals surface area contributed by atoms with Crippen molar-refractivity contribution in [1.82, 2.24) is 4.98 Å². The Morgan fingerprint density at radius 3 is 2.69 bits per heavy atom. The minimum atomic E-state index is 0.369. The van der Waals surface area contributed by atoms with Crippen LogP contribution >= 0.6 is 0 Å². The average molecular weight is 219 g/mol. The quantitative estimate of drug-likeness (QED) is 0.821. The third-order valence-corrected chi connectivity index (χ3v) is 2.10. The van der Waals surface area contributed by atoms with E-state index in [9.17, 15) is 0 Å². The largest absolute Gasteiger partial charge is 0.497 e. The fraction of sp³-hybridized carbons (Fsp3) is 0.182. The molecular weight excluding hydrogens is 206 g/mol. The first-order chi connectivity index (χ1) is 7.81. The molecule has 0 saturated heterocycles. The highest BCUT2D eigenvalue weighted by molar-refractivity contribution is 5.53. The Morgan fingerprint density at radius 1 is 1.38 bits per heavy atom. The summed E-state index contributed by atoms with van der Waals surface area (Å²) in [5.74, 6) is 0.806. The van der Waals surface area contributed by atoms with Crippen LogP contribution in [0.2, 0.25) is 0 Å². The number of nitrogens with one attached hydrogen (secondary N) is 1. The second kappa shape index (κ2) is 4.67. The fourth-order valence-corrected chi connectivity index (χ4v) is 1.26. The van der Waals surface area contributed by atoms with Gasteiger partial charge in [-0.25, -0.2) is 0 Å². The van der Waals surface area contributed by atoms with Crippen molar-refractivity contribution in [2.75, 3.05) is 12.4 Å². The molecule has 2 aromatic rings. The van der Waals surface area contributed by atoms with E-state index in [1.54, 1.807) is 7.11 Å². The lowest BCUT2D eigenvalue weighted by Crippen LogP contribution is -1.97. The van der Waals surface area contributed by atoms with Gasteiger partial charge in [0.2, 0.25) is 0 Å². The Kier molecular flexibility index (Phi) is 3.07. The van der Waals surface area contributed by atoms with Gasteiger partial charge in [-0.3, -0.25) is 0 Å². The average Bonchev–Trinajstić information content (AvgIpc) is 2.78. The summed E-state index contributed by atoms with van der Waals surface area (Å²) < 4.78 is 10.2. The lowest BCUT2D eigenvalue weighted by Gasteiger charge is -2.02. The van der Waals surface area contributed by atoms with Crippen LogP contribution in [0.1, 0.15) is 5.69 Å². The molecule has 3 N–H and O–H groups in total. The number of nitrogens with zero attached hydrogens (tertiary/aromatic N) is 1. The number of hydrogen-bond donors (Lipinski definition) is 2. The Bertz CT molecular complexity index is 451. The summed E-state index contributed by atoms with van der Waals surface area (Å²) in [6, 6.07) is 7.91. The normalized spacial score (nSPS) is 10.1. The monoisotopic (exact) mass is 219 g/mol. The van der Waals surface area contributed by atoms with Crippen molar-refractivity contribution in [2.24, 2.45) is 5.73 Å². The van der Waals surface area contributed by atoms with E-state index in [1.165, 1.54) is 6.26 Å². The number of benzene rings is 1. The van der Waals surface area contributed by atoms with Gasteiger partial charge in [-0.2, -0.15) is 4.98 Å². The van der Waals surface area contributed by atoms with Gasteiger partial charge in [-0.1, -0.05) is 0 Å². The first-order valence-corrected chi connectivity index (χ1v) is 4.87. The number of anilines is 2. The molecule has 0 atom stereocenters. The Hall–Kier alpha value is -2.01. The van der Waals surface area contributed by atoms with E-state index >= 15 is 0 Å². The second-order valence-electron chi connectivity index (χ2n) is 3.20. The van der Waals surface area contributed by atoms with Gasteiger partial charge in [0.05, 0.1) is 12.8 Å². The first-order valence-electron chi connectivity index (χ1n) is 4.87. The fourth-order valence-electron chi connectivity index (χ4n) is 1.26. The predicted molar refractivity (Wildman–Crippen MR) is 60.7 cm³/mol. The van der Waals surface area contributed by atoms with Gasteiger partial charge >= 0.3 is 0 Å². The molecule has 0 amide bonds. The van der Waals surface area contributed by atoms with Crippen LogP contribution in [-0.4, -0.2) is 12.1 Å². The molecule has 0 unspecified atom stereocenters. The van der Waals surface area contributed by atoms with E-state index in [0.717, 1.165) is 17.1 Å². The maximum Gasteiger partial charge on any atom is 0.299 e. The summed E-state index contributed by atoms with van der Waals surface area (Å²) in [6.07, 6.45) is 1.53. The van der Waals surface area contributed by atoms with E-state index < -0.39 is 0 Å². The summed E-state index contributed by atoms with van der Waals surface area (Å²) in [5, 5.41) is 3.02. The number of methoxy groups -OCH3 is 1. The van der Waals surface area contributed by atoms with Crippen LogP contribution < -0.4 is 15.8 Å². The first kappa shape index (κ1) is 10.5.